The Hall–Kier alpha value is -0.830. The van der Waals surface area contributed by atoms with Crippen LogP contribution in [0.15, 0.2) is 34.2 Å². The SMILES string of the molecule is CN=C(NCCCCC1CCCC1)NCCc1ccc(S(C)(=O)=O)cc1.I. The number of sulfone groups is 1. The number of rotatable bonds is 9. The third-order valence-electron chi connectivity index (χ3n) is 5.09. The van der Waals surface area contributed by atoms with Gasteiger partial charge in [0.05, 0.1) is 4.90 Å². The zero-order chi connectivity index (χ0) is 18.8. The minimum Gasteiger partial charge on any atom is -0.356 e. The third kappa shape index (κ3) is 9.27. The van der Waals surface area contributed by atoms with E-state index < -0.39 is 9.84 Å². The highest BCUT2D eigenvalue weighted by atomic mass is 127. The van der Waals surface area contributed by atoms with E-state index in [1.54, 1.807) is 19.2 Å². The van der Waals surface area contributed by atoms with Crippen molar-refractivity contribution in [3.63, 3.8) is 0 Å². The van der Waals surface area contributed by atoms with Crippen LogP contribution in [0.25, 0.3) is 0 Å². The molecule has 2 rings (SSSR count). The summed E-state index contributed by atoms with van der Waals surface area (Å²) in [4.78, 5) is 4.62. The van der Waals surface area contributed by atoms with E-state index in [-0.39, 0.29) is 24.0 Å². The Morgan fingerprint density at radius 2 is 1.70 bits per heavy atom. The van der Waals surface area contributed by atoms with Gasteiger partial charge in [0, 0.05) is 26.4 Å². The minimum absolute atomic E-state index is 0. The maximum Gasteiger partial charge on any atom is 0.190 e. The van der Waals surface area contributed by atoms with E-state index in [4.69, 9.17) is 0 Å². The highest BCUT2D eigenvalue weighted by Crippen LogP contribution is 2.28. The van der Waals surface area contributed by atoms with Crippen molar-refractivity contribution >= 4 is 39.8 Å². The number of guanidine groups is 1. The van der Waals surface area contributed by atoms with Gasteiger partial charge in [-0.1, -0.05) is 50.7 Å². The first-order valence-corrected chi connectivity index (χ1v) is 11.6. The fourth-order valence-electron chi connectivity index (χ4n) is 3.51. The molecule has 0 atom stereocenters. The second-order valence-corrected chi connectivity index (χ2v) is 9.25. The average molecular weight is 507 g/mol. The van der Waals surface area contributed by atoms with Crippen molar-refractivity contribution in [2.24, 2.45) is 10.9 Å². The summed E-state index contributed by atoms with van der Waals surface area (Å²) in [6, 6.07) is 7.08. The number of halogens is 1. The van der Waals surface area contributed by atoms with Gasteiger partial charge in [-0.2, -0.15) is 0 Å². The number of unbranched alkanes of at least 4 members (excludes halogenated alkanes) is 1. The second kappa shape index (κ2) is 12.6. The minimum atomic E-state index is -3.12. The first-order chi connectivity index (χ1) is 12.5. The normalized spacial score (nSPS) is 15.4. The van der Waals surface area contributed by atoms with Crippen molar-refractivity contribution in [2.45, 2.75) is 56.3 Å². The van der Waals surface area contributed by atoms with E-state index in [0.717, 1.165) is 37.0 Å². The Labute approximate surface area is 181 Å². The molecule has 1 saturated carbocycles. The van der Waals surface area contributed by atoms with Crippen LogP contribution in [0.2, 0.25) is 0 Å². The lowest BCUT2D eigenvalue weighted by atomic mass is 10.0. The van der Waals surface area contributed by atoms with Crippen LogP contribution in [-0.2, 0) is 16.3 Å². The summed E-state index contributed by atoms with van der Waals surface area (Å²) < 4.78 is 22.9. The first-order valence-electron chi connectivity index (χ1n) is 9.72. The fraction of sp³-hybridized carbons (Fsp3) is 0.650. The number of aliphatic imine (C=N–C) groups is 1. The van der Waals surface area contributed by atoms with Gasteiger partial charge in [-0.3, -0.25) is 4.99 Å². The molecule has 1 aromatic carbocycles. The first kappa shape index (κ1) is 24.2. The molecule has 1 aromatic rings. The van der Waals surface area contributed by atoms with Crippen molar-refractivity contribution in [2.75, 3.05) is 26.4 Å². The second-order valence-electron chi connectivity index (χ2n) is 7.24. The Morgan fingerprint density at radius 3 is 2.30 bits per heavy atom. The van der Waals surface area contributed by atoms with E-state index in [2.05, 4.69) is 15.6 Å². The number of hydrogen-bond donors (Lipinski definition) is 2. The van der Waals surface area contributed by atoms with Gasteiger partial charge in [-0.05, 0) is 36.5 Å². The largest absolute Gasteiger partial charge is 0.356 e. The molecule has 7 heteroatoms. The topological polar surface area (TPSA) is 70.6 Å². The average Bonchev–Trinajstić information content (AvgIpc) is 3.13. The summed E-state index contributed by atoms with van der Waals surface area (Å²) >= 11 is 0. The number of nitrogens with one attached hydrogen (secondary N) is 2. The van der Waals surface area contributed by atoms with Crippen molar-refractivity contribution < 1.29 is 8.42 Å². The number of nitrogens with zero attached hydrogens (tertiary/aromatic N) is 1. The highest BCUT2D eigenvalue weighted by Gasteiger charge is 2.13. The molecule has 0 radical (unpaired) electrons. The number of hydrogen-bond acceptors (Lipinski definition) is 3. The van der Waals surface area contributed by atoms with Crippen LogP contribution >= 0.6 is 24.0 Å². The van der Waals surface area contributed by atoms with Crippen LogP contribution in [0.1, 0.15) is 50.5 Å². The predicted octanol–water partition coefficient (Wildman–Crippen LogP) is 3.78. The van der Waals surface area contributed by atoms with Gasteiger partial charge in [-0.15, -0.1) is 24.0 Å². The maximum atomic E-state index is 11.5. The van der Waals surface area contributed by atoms with E-state index in [1.807, 2.05) is 12.1 Å². The Kier molecular flexibility index (Phi) is 11.3. The van der Waals surface area contributed by atoms with Gasteiger partial charge >= 0.3 is 0 Å². The van der Waals surface area contributed by atoms with Crippen molar-refractivity contribution in [1.29, 1.82) is 0 Å². The van der Waals surface area contributed by atoms with E-state index in [9.17, 15) is 8.42 Å². The Bertz CT molecular complexity index is 669. The highest BCUT2D eigenvalue weighted by molar-refractivity contribution is 14.0. The molecule has 5 nitrogen and oxygen atoms in total. The molecule has 2 N–H and O–H groups in total. The van der Waals surface area contributed by atoms with Crippen LogP contribution in [0.4, 0.5) is 0 Å². The van der Waals surface area contributed by atoms with E-state index in [1.165, 1.54) is 51.2 Å². The van der Waals surface area contributed by atoms with Crippen molar-refractivity contribution in [3.05, 3.63) is 29.8 Å². The van der Waals surface area contributed by atoms with Gasteiger partial charge in [0.2, 0.25) is 0 Å². The van der Waals surface area contributed by atoms with Crippen LogP contribution in [0.5, 0.6) is 0 Å². The third-order valence-corrected chi connectivity index (χ3v) is 6.22. The predicted molar refractivity (Wildman–Crippen MR) is 124 cm³/mol. The zero-order valence-electron chi connectivity index (χ0n) is 16.5. The summed E-state index contributed by atoms with van der Waals surface area (Å²) in [7, 11) is -1.34. The molecule has 1 aliphatic rings. The molecule has 0 amide bonds. The summed E-state index contributed by atoms with van der Waals surface area (Å²) in [5.41, 5.74) is 1.11. The molecule has 1 aliphatic carbocycles. The van der Waals surface area contributed by atoms with E-state index >= 15 is 0 Å². The Balaban J connectivity index is 0.00000364. The van der Waals surface area contributed by atoms with Gasteiger partial charge in [0.25, 0.3) is 0 Å². The van der Waals surface area contributed by atoms with Crippen LogP contribution in [-0.4, -0.2) is 40.8 Å². The lowest BCUT2D eigenvalue weighted by molar-refractivity contribution is 0.472. The molecule has 0 heterocycles. The van der Waals surface area contributed by atoms with Gasteiger partial charge in [0.15, 0.2) is 15.8 Å². The summed E-state index contributed by atoms with van der Waals surface area (Å²) in [6.07, 6.45) is 11.6. The fourth-order valence-corrected chi connectivity index (χ4v) is 4.14. The molecular formula is C20H34IN3O2S. The Morgan fingerprint density at radius 1 is 1.07 bits per heavy atom. The lowest BCUT2D eigenvalue weighted by Gasteiger charge is -2.13. The molecule has 0 aliphatic heterocycles. The van der Waals surface area contributed by atoms with Crippen molar-refractivity contribution in [1.82, 2.24) is 10.6 Å². The monoisotopic (exact) mass is 507 g/mol. The zero-order valence-corrected chi connectivity index (χ0v) is 19.7. The molecular weight excluding hydrogens is 473 g/mol. The molecule has 1 fully saturated rings. The summed E-state index contributed by atoms with van der Waals surface area (Å²) in [5, 5.41) is 6.69. The molecule has 0 saturated heterocycles. The van der Waals surface area contributed by atoms with Crippen molar-refractivity contribution in [3.8, 4) is 0 Å². The van der Waals surface area contributed by atoms with E-state index in [0.29, 0.717) is 4.90 Å². The number of benzene rings is 1. The molecule has 154 valence electrons. The molecule has 0 bridgehead atoms. The standard InChI is InChI=1S/C20H33N3O2S.HI/c1-21-20(22-15-6-5-9-17-7-3-4-8-17)23-16-14-18-10-12-19(13-11-18)26(2,24)25;/h10-13,17H,3-9,14-16H2,1-2H3,(H2,21,22,23);1H. The lowest BCUT2D eigenvalue weighted by Crippen LogP contribution is -2.38. The maximum absolute atomic E-state index is 11.5. The summed E-state index contributed by atoms with van der Waals surface area (Å²) in [5.74, 6) is 1.81. The van der Waals surface area contributed by atoms with Gasteiger partial charge in [-0.25, -0.2) is 8.42 Å². The molecule has 0 unspecified atom stereocenters. The quantitative estimate of drug-likeness (QED) is 0.231. The van der Waals surface area contributed by atoms with Crippen LogP contribution in [0.3, 0.4) is 0 Å². The van der Waals surface area contributed by atoms with Crippen LogP contribution in [0, 0.1) is 5.92 Å². The van der Waals surface area contributed by atoms with Gasteiger partial charge in [0.1, 0.15) is 0 Å². The smallest absolute Gasteiger partial charge is 0.190 e. The van der Waals surface area contributed by atoms with Crippen LogP contribution < -0.4 is 10.6 Å². The molecule has 27 heavy (non-hydrogen) atoms. The summed E-state index contributed by atoms with van der Waals surface area (Å²) in [6.45, 7) is 1.72. The van der Waals surface area contributed by atoms with Gasteiger partial charge < -0.3 is 10.6 Å². The molecule has 0 spiro atoms. The molecule has 0 aromatic heterocycles.